The maximum absolute atomic E-state index is 9.30. The van der Waals surface area contributed by atoms with Crippen LogP contribution in [0.4, 0.5) is 5.69 Å². The third-order valence-corrected chi connectivity index (χ3v) is 3.62. The summed E-state index contributed by atoms with van der Waals surface area (Å²) < 4.78 is 0. The molecule has 0 bridgehead atoms. The van der Waals surface area contributed by atoms with Crippen molar-refractivity contribution in [3.05, 3.63) is 59.7 Å². The van der Waals surface area contributed by atoms with Crippen molar-refractivity contribution < 1.29 is 5.11 Å². The van der Waals surface area contributed by atoms with Gasteiger partial charge in [-0.15, -0.1) is 0 Å². The number of aromatic hydroxyl groups is 1. The number of nitrogens with zero attached hydrogens (tertiary/aromatic N) is 1. The maximum Gasteiger partial charge on any atom is 0.115 e. The second kappa shape index (κ2) is 5.79. The monoisotopic (exact) mass is 255 g/mol. The highest BCUT2D eigenvalue weighted by Crippen LogP contribution is 2.22. The SMILES string of the molecule is Cc1ccccc1N(C)C(C)Cc1ccc(O)cc1. The van der Waals surface area contributed by atoms with Gasteiger partial charge in [0.05, 0.1) is 0 Å². The molecule has 0 spiro atoms. The largest absolute Gasteiger partial charge is 0.508 e. The van der Waals surface area contributed by atoms with Crippen LogP contribution in [-0.2, 0) is 6.42 Å². The van der Waals surface area contributed by atoms with Crippen molar-refractivity contribution in [1.82, 2.24) is 0 Å². The molecule has 0 heterocycles. The molecule has 2 nitrogen and oxygen atoms in total. The van der Waals surface area contributed by atoms with Gasteiger partial charge in [0.15, 0.2) is 0 Å². The Labute approximate surface area is 115 Å². The molecule has 19 heavy (non-hydrogen) atoms. The lowest BCUT2D eigenvalue weighted by atomic mass is 10.0. The van der Waals surface area contributed by atoms with E-state index < -0.39 is 0 Å². The lowest BCUT2D eigenvalue weighted by Crippen LogP contribution is -2.31. The highest BCUT2D eigenvalue weighted by molar-refractivity contribution is 5.53. The number of likely N-dealkylation sites (N-methyl/N-ethyl adjacent to an activating group) is 1. The summed E-state index contributed by atoms with van der Waals surface area (Å²) in [5.74, 6) is 0.323. The fourth-order valence-electron chi connectivity index (χ4n) is 2.31. The number of hydrogen-bond donors (Lipinski definition) is 1. The van der Waals surface area contributed by atoms with Crippen LogP contribution in [-0.4, -0.2) is 18.2 Å². The molecule has 0 fully saturated rings. The highest BCUT2D eigenvalue weighted by Gasteiger charge is 2.12. The Morgan fingerprint density at radius 2 is 1.68 bits per heavy atom. The van der Waals surface area contributed by atoms with E-state index in [1.54, 1.807) is 12.1 Å². The number of para-hydroxylation sites is 1. The predicted octanol–water partition coefficient (Wildman–Crippen LogP) is 3.77. The first-order valence-electron chi connectivity index (χ1n) is 6.64. The quantitative estimate of drug-likeness (QED) is 0.899. The summed E-state index contributed by atoms with van der Waals surface area (Å²) in [5, 5.41) is 9.30. The topological polar surface area (TPSA) is 23.5 Å². The van der Waals surface area contributed by atoms with Gasteiger partial charge in [0, 0.05) is 18.8 Å². The van der Waals surface area contributed by atoms with Crippen LogP contribution in [0.1, 0.15) is 18.1 Å². The number of rotatable bonds is 4. The summed E-state index contributed by atoms with van der Waals surface area (Å²) in [6.07, 6.45) is 0.963. The minimum Gasteiger partial charge on any atom is -0.508 e. The second-order valence-electron chi connectivity index (χ2n) is 5.12. The van der Waals surface area contributed by atoms with Gasteiger partial charge in [-0.2, -0.15) is 0 Å². The average molecular weight is 255 g/mol. The summed E-state index contributed by atoms with van der Waals surface area (Å²) in [4.78, 5) is 2.31. The Kier molecular flexibility index (Phi) is 4.10. The molecular weight excluding hydrogens is 234 g/mol. The van der Waals surface area contributed by atoms with Gasteiger partial charge in [0.2, 0.25) is 0 Å². The maximum atomic E-state index is 9.30. The Bertz CT molecular complexity index is 533. The van der Waals surface area contributed by atoms with Gasteiger partial charge in [0.1, 0.15) is 5.75 Å². The number of phenols is 1. The van der Waals surface area contributed by atoms with Crippen LogP contribution in [0.2, 0.25) is 0 Å². The molecule has 2 rings (SSSR count). The van der Waals surface area contributed by atoms with Crippen LogP contribution < -0.4 is 4.90 Å². The van der Waals surface area contributed by atoms with Crippen molar-refractivity contribution in [2.45, 2.75) is 26.3 Å². The molecule has 0 aliphatic rings. The first kappa shape index (κ1) is 13.5. The zero-order chi connectivity index (χ0) is 13.8. The van der Waals surface area contributed by atoms with E-state index >= 15 is 0 Å². The fourth-order valence-corrected chi connectivity index (χ4v) is 2.31. The van der Waals surface area contributed by atoms with Gasteiger partial charge in [-0.3, -0.25) is 0 Å². The molecule has 1 unspecified atom stereocenters. The third kappa shape index (κ3) is 3.28. The van der Waals surface area contributed by atoms with Crippen molar-refractivity contribution in [3.63, 3.8) is 0 Å². The summed E-state index contributed by atoms with van der Waals surface area (Å²) in [6.45, 7) is 4.36. The summed E-state index contributed by atoms with van der Waals surface area (Å²) in [5.41, 5.74) is 3.81. The normalized spacial score (nSPS) is 12.2. The number of anilines is 1. The zero-order valence-corrected chi connectivity index (χ0v) is 11.8. The van der Waals surface area contributed by atoms with Gasteiger partial charge in [-0.1, -0.05) is 30.3 Å². The van der Waals surface area contributed by atoms with E-state index in [-0.39, 0.29) is 0 Å². The molecule has 0 amide bonds. The van der Waals surface area contributed by atoms with E-state index in [4.69, 9.17) is 0 Å². The lowest BCUT2D eigenvalue weighted by molar-refractivity contribution is 0.475. The summed E-state index contributed by atoms with van der Waals surface area (Å²) in [6, 6.07) is 16.3. The lowest BCUT2D eigenvalue weighted by Gasteiger charge is -2.28. The number of benzene rings is 2. The average Bonchev–Trinajstić information content (AvgIpc) is 2.41. The van der Waals surface area contributed by atoms with E-state index in [0.717, 1.165) is 6.42 Å². The second-order valence-corrected chi connectivity index (χ2v) is 5.12. The number of hydrogen-bond acceptors (Lipinski definition) is 2. The van der Waals surface area contributed by atoms with Gasteiger partial charge in [-0.25, -0.2) is 0 Å². The van der Waals surface area contributed by atoms with Gasteiger partial charge in [0.25, 0.3) is 0 Å². The summed E-state index contributed by atoms with van der Waals surface area (Å²) >= 11 is 0. The van der Waals surface area contributed by atoms with Crippen molar-refractivity contribution in [1.29, 1.82) is 0 Å². The fraction of sp³-hybridized carbons (Fsp3) is 0.294. The molecule has 1 N–H and O–H groups in total. The summed E-state index contributed by atoms with van der Waals surface area (Å²) in [7, 11) is 2.13. The van der Waals surface area contributed by atoms with E-state index in [0.29, 0.717) is 11.8 Å². The molecule has 0 aliphatic carbocycles. The number of phenolic OH excluding ortho intramolecular Hbond substituents is 1. The van der Waals surface area contributed by atoms with E-state index in [1.165, 1.54) is 16.8 Å². The highest BCUT2D eigenvalue weighted by atomic mass is 16.3. The molecule has 100 valence electrons. The van der Waals surface area contributed by atoms with Crippen LogP contribution in [0.3, 0.4) is 0 Å². The van der Waals surface area contributed by atoms with Crippen LogP contribution in [0, 0.1) is 6.92 Å². The Hall–Kier alpha value is -1.96. The van der Waals surface area contributed by atoms with E-state index in [1.807, 2.05) is 12.1 Å². The molecule has 2 aromatic carbocycles. The molecule has 1 atom stereocenters. The minimum absolute atomic E-state index is 0.323. The van der Waals surface area contributed by atoms with Gasteiger partial charge >= 0.3 is 0 Å². The predicted molar refractivity (Wildman–Crippen MR) is 80.9 cm³/mol. The molecule has 0 radical (unpaired) electrons. The van der Waals surface area contributed by atoms with Crippen LogP contribution in [0.25, 0.3) is 0 Å². The molecule has 2 heteroatoms. The zero-order valence-electron chi connectivity index (χ0n) is 11.8. The van der Waals surface area contributed by atoms with Crippen LogP contribution in [0.15, 0.2) is 48.5 Å². The van der Waals surface area contributed by atoms with E-state index in [9.17, 15) is 5.11 Å². The van der Waals surface area contributed by atoms with Crippen molar-refractivity contribution in [2.24, 2.45) is 0 Å². The molecule has 0 saturated heterocycles. The molecule has 0 saturated carbocycles. The Morgan fingerprint density at radius 3 is 2.32 bits per heavy atom. The van der Waals surface area contributed by atoms with Gasteiger partial charge in [-0.05, 0) is 49.6 Å². The van der Waals surface area contributed by atoms with Crippen molar-refractivity contribution in [3.8, 4) is 5.75 Å². The Balaban J connectivity index is 2.09. The minimum atomic E-state index is 0.323. The molecule has 0 aromatic heterocycles. The smallest absolute Gasteiger partial charge is 0.115 e. The third-order valence-electron chi connectivity index (χ3n) is 3.62. The standard InChI is InChI=1S/C17H21NO/c1-13-6-4-5-7-17(13)18(3)14(2)12-15-8-10-16(19)11-9-15/h4-11,14,19H,12H2,1-3H3. The van der Waals surface area contributed by atoms with Crippen LogP contribution >= 0.6 is 0 Å². The molecule has 0 aliphatic heterocycles. The number of aryl methyl sites for hydroxylation is 1. The van der Waals surface area contributed by atoms with Crippen LogP contribution in [0.5, 0.6) is 5.75 Å². The Morgan fingerprint density at radius 1 is 1.05 bits per heavy atom. The van der Waals surface area contributed by atoms with Crippen molar-refractivity contribution >= 4 is 5.69 Å². The van der Waals surface area contributed by atoms with Gasteiger partial charge < -0.3 is 10.0 Å². The van der Waals surface area contributed by atoms with Crippen molar-refractivity contribution in [2.75, 3.05) is 11.9 Å². The van der Waals surface area contributed by atoms with E-state index in [2.05, 4.69) is 50.1 Å². The molecular formula is C17H21NO. The molecule has 2 aromatic rings. The first-order chi connectivity index (χ1) is 9.08. The first-order valence-corrected chi connectivity index (χ1v) is 6.64.